The number of carbonyl (C=O) groups excluding carboxylic acids is 2. The zero-order valence-corrected chi connectivity index (χ0v) is 13.1. The van der Waals surface area contributed by atoms with Crippen LogP contribution in [0.2, 0.25) is 0 Å². The number of nitrogens with zero attached hydrogens (tertiary/aromatic N) is 1. The van der Waals surface area contributed by atoms with Crippen molar-refractivity contribution in [2.45, 2.75) is 39.3 Å². The molecule has 0 radical (unpaired) electrons. The number of amides is 1. The predicted octanol–water partition coefficient (Wildman–Crippen LogP) is 1.87. The smallest absolute Gasteiger partial charge is 0.331 e. The van der Waals surface area contributed by atoms with E-state index in [-0.39, 0.29) is 5.91 Å². The molecule has 2 heterocycles. The molecule has 22 heavy (non-hydrogen) atoms. The Bertz CT molecular complexity index is 603. The van der Waals surface area contributed by atoms with Crippen LogP contribution in [0.1, 0.15) is 38.3 Å². The molecule has 0 saturated carbocycles. The van der Waals surface area contributed by atoms with Crippen LogP contribution in [0.25, 0.3) is 6.08 Å². The second-order valence-electron chi connectivity index (χ2n) is 6.10. The first kappa shape index (κ1) is 16.0. The van der Waals surface area contributed by atoms with Crippen LogP contribution in [0.15, 0.2) is 18.3 Å². The maximum absolute atomic E-state index is 11.7. The molecule has 0 atom stereocenters. The van der Waals surface area contributed by atoms with Gasteiger partial charge < -0.3 is 15.4 Å². The van der Waals surface area contributed by atoms with Crippen LogP contribution in [-0.2, 0) is 20.9 Å². The van der Waals surface area contributed by atoms with E-state index in [1.165, 1.54) is 6.08 Å². The van der Waals surface area contributed by atoms with E-state index < -0.39 is 11.6 Å². The number of carbonyl (C=O) groups is 2. The second kappa shape index (κ2) is 6.60. The lowest BCUT2D eigenvalue weighted by Crippen LogP contribution is -2.28. The van der Waals surface area contributed by atoms with Crippen molar-refractivity contribution in [2.75, 3.05) is 11.9 Å². The maximum atomic E-state index is 11.7. The van der Waals surface area contributed by atoms with Gasteiger partial charge in [-0.15, -0.1) is 0 Å². The minimum atomic E-state index is -0.514. The van der Waals surface area contributed by atoms with Crippen LogP contribution < -0.4 is 10.6 Å². The Morgan fingerprint density at radius 1 is 1.36 bits per heavy atom. The first-order valence-corrected chi connectivity index (χ1v) is 7.24. The molecule has 2 N–H and O–H groups in total. The number of hydrogen-bond donors (Lipinski definition) is 2. The standard InChI is InChI=1S/C16H21N3O3/c1-16(2,3)22-14(21)5-4-11-8-12-10-18-13(20)6-7-17-15(12)19-9-11/h4-5,8-9H,6-7,10H2,1-3H3,(H,17,19)(H,18,20)/b5-4+. The van der Waals surface area contributed by atoms with Crippen molar-refractivity contribution in [2.24, 2.45) is 0 Å². The van der Waals surface area contributed by atoms with Crippen molar-refractivity contribution in [3.63, 3.8) is 0 Å². The summed E-state index contributed by atoms with van der Waals surface area (Å²) in [6, 6.07) is 1.89. The van der Waals surface area contributed by atoms with E-state index in [4.69, 9.17) is 4.74 Å². The molecule has 0 unspecified atom stereocenters. The lowest BCUT2D eigenvalue weighted by atomic mass is 10.1. The second-order valence-corrected chi connectivity index (χ2v) is 6.10. The third kappa shape index (κ3) is 4.87. The normalized spacial score (nSPS) is 15.3. The molecule has 2 rings (SSSR count). The lowest BCUT2D eigenvalue weighted by Gasteiger charge is -2.18. The van der Waals surface area contributed by atoms with Gasteiger partial charge in [0.1, 0.15) is 11.4 Å². The summed E-state index contributed by atoms with van der Waals surface area (Å²) in [5.74, 6) is 0.368. The van der Waals surface area contributed by atoms with Crippen molar-refractivity contribution in [3.05, 3.63) is 29.5 Å². The van der Waals surface area contributed by atoms with Gasteiger partial charge in [0.25, 0.3) is 0 Å². The van der Waals surface area contributed by atoms with Gasteiger partial charge >= 0.3 is 5.97 Å². The van der Waals surface area contributed by atoms with Crippen LogP contribution in [0, 0.1) is 0 Å². The Labute approximate surface area is 130 Å². The Morgan fingerprint density at radius 3 is 2.86 bits per heavy atom. The van der Waals surface area contributed by atoms with Crippen molar-refractivity contribution < 1.29 is 14.3 Å². The summed E-state index contributed by atoms with van der Waals surface area (Å²) in [6.45, 7) is 6.43. The van der Waals surface area contributed by atoms with Crippen LogP contribution in [0.3, 0.4) is 0 Å². The largest absolute Gasteiger partial charge is 0.457 e. The lowest BCUT2D eigenvalue weighted by molar-refractivity contribution is -0.148. The fraction of sp³-hybridized carbons (Fsp3) is 0.438. The number of ether oxygens (including phenoxy) is 1. The molecule has 0 aliphatic carbocycles. The Hall–Kier alpha value is -2.37. The monoisotopic (exact) mass is 303 g/mol. The highest BCUT2D eigenvalue weighted by Crippen LogP contribution is 2.17. The number of pyridine rings is 1. The van der Waals surface area contributed by atoms with Gasteiger partial charge in [-0.05, 0) is 38.5 Å². The third-order valence-electron chi connectivity index (χ3n) is 2.93. The van der Waals surface area contributed by atoms with E-state index >= 15 is 0 Å². The SMILES string of the molecule is CC(C)(C)OC(=O)/C=C/c1cnc2c(c1)CNC(=O)CCN2. The highest BCUT2D eigenvalue weighted by molar-refractivity contribution is 5.87. The molecule has 0 spiro atoms. The van der Waals surface area contributed by atoms with Gasteiger partial charge in [0.2, 0.25) is 5.91 Å². The summed E-state index contributed by atoms with van der Waals surface area (Å²) >= 11 is 0. The first-order valence-electron chi connectivity index (χ1n) is 7.24. The molecule has 1 aliphatic heterocycles. The highest BCUT2D eigenvalue weighted by atomic mass is 16.6. The van der Waals surface area contributed by atoms with Crippen molar-refractivity contribution >= 4 is 23.8 Å². The third-order valence-corrected chi connectivity index (χ3v) is 2.93. The molecular formula is C16H21N3O3. The average molecular weight is 303 g/mol. The zero-order valence-electron chi connectivity index (χ0n) is 13.1. The quantitative estimate of drug-likeness (QED) is 0.644. The molecule has 0 fully saturated rings. The van der Waals surface area contributed by atoms with Gasteiger partial charge in [0.05, 0.1) is 0 Å². The summed E-state index contributed by atoms with van der Waals surface area (Å²) in [7, 11) is 0. The molecule has 6 heteroatoms. The summed E-state index contributed by atoms with van der Waals surface area (Å²) in [5, 5.41) is 5.96. The number of anilines is 1. The molecule has 1 aliphatic rings. The van der Waals surface area contributed by atoms with E-state index in [9.17, 15) is 9.59 Å². The first-order chi connectivity index (χ1) is 10.3. The molecule has 0 saturated heterocycles. The molecule has 1 aromatic rings. The maximum Gasteiger partial charge on any atom is 0.331 e. The summed E-state index contributed by atoms with van der Waals surface area (Å²) in [5.41, 5.74) is 1.15. The minimum absolute atomic E-state index is 0.00727. The minimum Gasteiger partial charge on any atom is -0.457 e. The van der Waals surface area contributed by atoms with Gasteiger partial charge in [-0.3, -0.25) is 4.79 Å². The molecule has 1 aromatic heterocycles. The van der Waals surface area contributed by atoms with Gasteiger partial charge in [0.15, 0.2) is 0 Å². The van der Waals surface area contributed by atoms with Crippen LogP contribution in [0.5, 0.6) is 0 Å². The van der Waals surface area contributed by atoms with E-state index in [1.807, 2.05) is 26.8 Å². The Morgan fingerprint density at radius 2 is 2.14 bits per heavy atom. The van der Waals surface area contributed by atoms with Gasteiger partial charge in [-0.1, -0.05) is 0 Å². The average Bonchev–Trinajstić information content (AvgIpc) is 2.40. The van der Waals surface area contributed by atoms with E-state index in [1.54, 1.807) is 12.3 Å². The highest BCUT2D eigenvalue weighted by Gasteiger charge is 2.14. The topological polar surface area (TPSA) is 80.3 Å². The molecular weight excluding hydrogens is 282 g/mol. The predicted molar refractivity (Wildman–Crippen MR) is 84.1 cm³/mol. The number of rotatable bonds is 2. The van der Waals surface area contributed by atoms with Gasteiger partial charge in [-0.2, -0.15) is 0 Å². The van der Waals surface area contributed by atoms with Crippen molar-refractivity contribution in [1.82, 2.24) is 10.3 Å². The Kier molecular flexibility index (Phi) is 4.80. The fourth-order valence-corrected chi connectivity index (χ4v) is 1.99. The van der Waals surface area contributed by atoms with E-state index in [0.29, 0.717) is 19.5 Å². The molecule has 6 nitrogen and oxygen atoms in total. The van der Waals surface area contributed by atoms with Crippen molar-refractivity contribution in [1.29, 1.82) is 0 Å². The summed E-state index contributed by atoms with van der Waals surface area (Å²) in [4.78, 5) is 27.4. The molecule has 0 bridgehead atoms. The van der Waals surface area contributed by atoms with Crippen LogP contribution >= 0.6 is 0 Å². The van der Waals surface area contributed by atoms with Crippen LogP contribution in [-0.4, -0.2) is 29.0 Å². The van der Waals surface area contributed by atoms with Crippen LogP contribution in [0.4, 0.5) is 5.82 Å². The van der Waals surface area contributed by atoms with Gasteiger partial charge in [-0.25, -0.2) is 9.78 Å². The molecule has 0 aromatic carbocycles. The fourth-order valence-electron chi connectivity index (χ4n) is 1.99. The molecule has 1 amide bonds. The van der Waals surface area contributed by atoms with Crippen molar-refractivity contribution in [3.8, 4) is 0 Å². The number of fused-ring (bicyclic) bond motifs is 1. The Balaban J connectivity index is 2.10. The van der Waals surface area contributed by atoms with E-state index in [0.717, 1.165) is 16.9 Å². The number of nitrogens with one attached hydrogen (secondary N) is 2. The molecule has 118 valence electrons. The van der Waals surface area contributed by atoms with E-state index in [2.05, 4.69) is 15.6 Å². The zero-order chi connectivity index (χ0) is 16.2. The summed E-state index contributed by atoms with van der Waals surface area (Å²) < 4.78 is 5.21. The number of hydrogen-bond acceptors (Lipinski definition) is 5. The van der Waals surface area contributed by atoms with Gasteiger partial charge in [0, 0.05) is 37.3 Å². The summed E-state index contributed by atoms with van der Waals surface area (Å²) in [6.07, 6.45) is 5.14. The number of aromatic nitrogens is 1. The number of esters is 1.